The van der Waals surface area contributed by atoms with Crippen LogP contribution in [0.3, 0.4) is 0 Å². The van der Waals surface area contributed by atoms with Gasteiger partial charge in [0.2, 0.25) is 5.91 Å². The molecule has 35 heavy (non-hydrogen) atoms. The zero-order valence-corrected chi connectivity index (χ0v) is 20.0. The SMILES string of the molecule is COc1ccc(NC(=O)CN2C(=O)N(c3ccccc3OC)S(=O)(=O)c3ccccc32)c(OC)c1. The topological polar surface area (TPSA) is 114 Å². The van der Waals surface area contributed by atoms with Crippen LogP contribution in [-0.4, -0.2) is 48.2 Å². The van der Waals surface area contributed by atoms with Crippen LogP contribution in [0.5, 0.6) is 17.2 Å². The van der Waals surface area contributed by atoms with Crippen molar-refractivity contribution in [2.45, 2.75) is 4.90 Å². The molecule has 0 bridgehead atoms. The van der Waals surface area contributed by atoms with E-state index in [4.69, 9.17) is 14.2 Å². The van der Waals surface area contributed by atoms with Gasteiger partial charge in [-0.25, -0.2) is 13.2 Å². The molecule has 0 aliphatic carbocycles. The Hall–Kier alpha value is -4.25. The summed E-state index contributed by atoms with van der Waals surface area (Å²) < 4.78 is 43.3. The van der Waals surface area contributed by atoms with Crippen LogP contribution in [0.1, 0.15) is 0 Å². The largest absolute Gasteiger partial charge is 0.497 e. The number of carbonyl (C=O) groups excluding carboxylic acids is 2. The van der Waals surface area contributed by atoms with Crippen LogP contribution in [0, 0.1) is 0 Å². The molecule has 3 aromatic rings. The van der Waals surface area contributed by atoms with Crippen LogP contribution in [-0.2, 0) is 14.8 Å². The van der Waals surface area contributed by atoms with E-state index in [1.807, 2.05) is 0 Å². The molecular formula is C24H23N3O7S. The van der Waals surface area contributed by atoms with Crippen LogP contribution in [0.25, 0.3) is 0 Å². The van der Waals surface area contributed by atoms with Crippen molar-refractivity contribution in [3.63, 3.8) is 0 Å². The number of carbonyl (C=O) groups is 2. The number of nitrogens with zero attached hydrogens (tertiary/aromatic N) is 2. The minimum absolute atomic E-state index is 0.0386. The predicted molar refractivity (Wildman–Crippen MR) is 130 cm³/mol. The molecule has 0 radical (unpaired) electrons. The zero-order chi connectivity index (χ0) is 25.2. The lowest BCUT2D eigenvalue weighted by molar-refractivity contribution is -0.114. The highest BCUT2D eigenvalue weighted by Crippen LogP contribution is 2.40. The number of hydrogen-bond acceptors (Lipinski definition) is 7. The fraction of sp³-hybridized carbons (Fsp3) is 0.167. The summed E-state index contributed by atoms with van der Waals surface area (Å²) in [6.45, 7) is -0.452. The van der Waals surface area contributed by atoms with Crippen LogP contribution in [0.4, 0.5) is 21.9 Å². The van der Waals surface area contributed by atoms with Crippen molar-refractivity contribution >= 4 is 39.0 Å². The van der Waals surface area contributed by atoms with Gasteiger partial charge in [0.1, 0.15) is 34.4 Å². The van der Waals surface area contributed by atoms with Gasteiger partial charge in [0.05, 0.1) is 32.7 Å². The van der Waals surface area contributed by atoms with E-state index in [0.29, 0.717) is 21.5 Å². The maximum Gasteiger partial charge on any atom is 0.343 e. The lowest BCUT2D eigenvalue weighted by Crippen LogP contribution is -2.53. The molecule has 1 aliphatic rings. The number of sulfonamides is 1. The summed E-state index contributed by atoms with van der Waals surface area (Å²) in [5, 5.41) is 2.70. The van der Waals surface area contributed by atoms with Crippen LogP contribution < -0.4 is 28.7 Å². The number of methoxy groups -OCH3 is 3. The Morgan fingerprint density at radius 2 is 1.51 bits per heavy atom. The number of nitrogens with one attached hydrogen (secondary N) is 1. The monoisotopic (exact) mass is 497 g/mol. The highest BCUT2D eigenvalue weighted by Gasteiger charge is 2.44. The summed E-state index contributed by atoms with van der Waals surface area (Å²) in [7, 11) is 0.0663. The van der Waals surface area contributed by atoms with Gasteiger partial charge in [-0.15, -0.1) is 0 Å². The van der Waals surface area contributed by atoms with Crippen molar-refractivity contribution < 1.29 is 32.2 Å². The normalized spacial score (nSPS) is 14.2. The average molecular weight is 498 g/mol. The molecule has 1 aliphatic heterocycles. The Balaban J connectivity index is 1.72. The van der Waals surface area contributed by atoms with Gasteiger partial charge in [-0.1, -0.05) is 24.3 Å². The summed E-state index contributed by atoms with van der Waals surface area (Å²) in [4.78, 5) is 27.6. The highest BCUT2D eigenvalue weighted by atomic mass is 32.2. The number of anilines is 3. The number of hydrogen-bond donors (Lipinski definition) is 1. The van der Waals surface area contributed by atoms with Gasteiger partial charge >= 0.3 is 6.03 Å². The van der Waals surface area contributed by atoms with Gasteiger partial charge < -0.3 is 19.5 Å². The third-order valence-corrected chi connectivity index (χ3v) is 7.10. The maximum absolute atomic E-state index is 13.6. The Labute approximate surface area is 202 Å². The summed E-state index contributed by atoms with van der Waals surface area (Å²) >= 11 is 0. The number of amides is 3. The van der Waals surface area contributed by atoms with E-state index in [-0.39, 0.29) is 22.0 Å². The first kappa shape index (κ1) is 23.9. The minimum atomic E-state index is -4.27. The van der Waals surface area contributed by atoms with Gasteiger partial charge in [0.15, 0.2) is 0 Å². The molecule has 1 heterocycles. The van der Waals surface area contributed by atoms with Gasteiger partial charge in [-0.05, 0) is 36.4 Å². The Bertz CT molecular complexity index is 1390. The van der Waals surface area contributed by atoms with Crippen molar-refractivity contribution in [3.8, 4) is 17.2 Å². The van der Waals surface area contributed by atoms with E-state index < -0.39 is 28.5 Å². The Morgan fingerprint density at radius 1 is 0.857 bits per heavy atom. The highest BCUT2D eigenvalue weighted by molar-refractivity contribution is 7.94. The van der Waals surface area contributed by atoms with E-state index in [9.17, 15) is 18.0 Å². The molecule has 3 amide bonds. The third kappa shape index (κ3) is 4.33. The maximum atomic E-state index is 13.6. The molecule has 0 unspecified atom stereocenters. The van der Waals surface area contributed by atoms with Crippen molar-refractivity contribution in [2.24, 2.45) is 0 Å². The number of fused-ring (bicyclic) bond motifs is 1. The number of ether oxygens (including phenoxy) is 3. The molecule has 0 saturated heterocycles. The minimum Gasteiger partial charge on any atom is -0.497 e. The van der Waals surface area contributed by atoms with Gasteiger partial charge in [-0.3, -0.25) is 9.69 Å². The van der Waals surface area contributed by atoms with Crippen molar-refractivity contribution in [3.05, 3.63) is 66.7 Å². The third-order valence-electron chi connectivity index (χ3n) is 5.37. The van der Waals surface area contributed by atoms with E-state index in [1.54, 1.807) is 48.5 Å². The second kappa shape index (κ2) is 9.55. The molecule has 0 saturated carbocycles. The lowest BCUT2D eigenvalue weighted by atomic mass is 10.2. The summed E-state index contributed by atoms with van der Waals surface area (Å²) in [6.07, 6.45) is 0. The first-order chi connectivity index (χ1) is 16.8. The first-order valence-corrected chi connectivity index (χ1v) is 11.9. The van der Waals surface area contributed by atoms with E-state index in [1.165, 1.54) is 39.5 Å². The van der Waals surface area contributed by atoms with E-state index >= 15 is 0 Å². The lowest BCUT2D eigenvalue weighted by Gasteiger charge is -2.36. The quantitative estimate of drug-likeness (QED) is 0.531. The Morgan fingerprint density at radius 3 is 2.20 bits per heavy atom. The zero-order valence-electron chi connectivity index (χ0n) is 19.2. The standard InChI is InChI=1S/C24H23N3O7S/c1-32-16-12-13-17(21(14-16)34-3)25-23(28)15-26-19-9-5-7-11-22(19)35(30,31)27(24(26)29)18-8-4-6-10-20(18)33-2/h4-14H,15H2,1-3H3,(H,25,28). The van der Waals surface area contributed by atoms with Gasteiger partial charge in [-0.2, -0.15) is 4.31 Å². The number of urea groups is 1. The molecule has 0 spiro atoms. The smallest absolute Gasteiger partial charge is 0.343 e. The molecule has 3 aromatic carbocycles. The number of para-hydroxylation sites is 3. The molecule has 1 N–H and O–H groups in total. The van der Waals surface area contributed by atoms with E-state index in [2.05, 4.69) is 5.32 Å². The molecule has 4 rings (SSSR count). The van der Waals surface area contributed by atoms with Crippen molar-refractivity contribution in [1.82, 2.24) is 0 Å². The second-order valence-corrected chi connectivity index (χ2v) is 9.15. The molecule has 0 atom stereocenters. The van der Waals surface area contributed by atoms with Crippen LogP contribution in [0.2, 0.25) is 0 Å². The van der Waals surface area contributed by atoms with Crippen molar-refractivity contribution in [1.29, 1.82) is 0 Å². The van der Waals surface area contributed by atoms with E-state index in [0.717, 1.165) is 4.90 Å². The summed E-state index contributed by atoms with van der Waals surface area (Å²) in [5.41, 5.74) is 0.502. The van der Waals surface area contributed by atoms with Crippen LogP contribution in [0.15, 0.2) is 71.6 Å². The molecular weight excluding hydrogens is 474 g/mol. The van der Waals surface area contributed by atoms with Gasteiger partial charge in [0.25, 0.3) is 10.0 Å². The second-order valence-electron chi connectivity index (χ2n) is 7.39. The first-order valence-electron chi connectivity index (χ1n) is 10.4. The molecule has 11 heteroatoms. The van der Waals surface area contributed by atoms with Crippen LogP contribution >= 0.6 is 0 Å². The van der Waals surface area contributed by atoms with Crippen molar-refractivity contribution in [2.75, 3.05) is 42.4 Å². The number of rotatable bonds is 7. The molecule has 0 aromatic heterocycles. The number of benzene rings is 3. The molecule has 0 fully saturated rings. The molecule has 182 valence electrons. The fourth-order valence-corrected chi connectivity index (χ4v) is 5.33. The molecule has 10 nitrogen and oxygen atoms in total. The van der Waals surface area contributed by atoms with Gasteiger partial charge in [0, 0.05) is 6.07 Å². The fourth-order valence-electron chi connectivity index (χ4n) is 3.73. The summed E-state index contributed by atoms with van der Waals surface area (Å²) in [5.74, 6) is 0.533. The summed E-state index contributed by atoms with van der Waals surface area (Å²) in [6, 6.07) is 16.2. The average Bonchev–Trinajstić information content (AvgIpc) is 2.87. The Kier molecular flexibility index (Phi) is 6.52. The predicted octanol–water partition coefficient (Wildman–Crippen LogP) is 3.49.